The van der Waals surface area contributed by atoms with Gasteiger partial charge in [0.15, 0.2) is 0 Å². The molecule has 0 fully saturated rings. The molecular formula is C3H8HgO3. The van der Waals surface area contributed by atoms with Crippen molar-refractivity contribution in [2.75, 3.05) is 7.11 Å². The van der Waals surface area contributed by atoms with Crippen molar-refractivity contribution in [1.29, 1.82) is 0 Å². The molecule has 0 unspecified atom stereocenters. The number of carboxylic acid groups (broad SMARTS) is 1. The van der Waals surface area contributed by atoms with Crippen LogP contribution in [0.5, 0.6) is 0 Å². The molecule has 0 amide bonds. The molecule has 0 aliphatic carbocycles. The zero-order valence-corrected chi connectivity index (χ0v) is 10.0. The van der Waals surface area contributed by atoms with Crippen LogP contribution in [-0.2, 0) is 32.5 Å². The van der Waals surface area contributed by atoms with Gasteiger partial charge in [0.05, 0.1) is 0 Å². The number of aliphatic carboxylic acids is 1. The topological polar surface area (TPSA) is 57.5 Å². The van der Waals surface area contributed by atoms with Gasteiger partial charge in [-0.15, -0.1) is 0 Å². The molecule has 2 N–H and O–H groups in total. The molecule has 0 heterocycles. The number of carbonyl (C=O) groups is 1. The second-order valence-electron chi connectivity index (χ2n) is 0.519. The molecule has 0 aromatic rings. The van der Waals surface area contributed by atoms with Crippen LogP contribution < -0.4 is 0 Å². The Morgan fingerprint density at radius 3 is 1.43 bits per heavy atom. The number of carboxylic acids is 1. The summed E-state index contributed by atoms with van der Waals surface area (Å²) >= 11 is 0. The van der Waals surface area contributed by atoms with E-state index in [2.05, 4.69) is 0 Å². The van der Waals surface area contributed by atoms with Gasteiger partial charge in [0, 0.05) is 41.7 Å². The maximum absolute atomic E-state index is 9.00. The van der Waals surface area contributed by atoms with Crippen molar-refractivity contribution in [3.05, 3.63) is 0 Å². The fourth-order valence-electron chi connectivity index (χ4n) is 0. The van der Waals surface area contributed by atoms with Crippen LogP contribution in [0.15, 0.2) is 0 Å². The van der Waals surface area contributed by atoms with E-state index in [1.165, 1.54) is 0 Å². The van der Waals surface area contributed by atoms with E-state index in [9.17, 15) is 0 Å². The first-order valence-electron chi connectivity index (χ1n) is 1.37. The van der Waals surface area contributed by atoms with Gasteiger partial charge in [-0.1, -0.05) is 0 Å². The van der Waals surface area contributed by atoms with Crippen LogP contribution in [0.4, 0.5) is 0 Å². The summed E-state index contributed by atoms with van der Waals surface area (Å²) in [4.78, 5) is 9.00. The molecule has 0 saturated carbocycles. The van der Waals surface area contributed by atoms with Gasteiger partial charge in [0.1, 0.15) is 0 Å². The molecule has 0 saturated heterocycles. The fraction of sp³-hybridized carbons (Fsp3) is 0.667. The first-order valence-corrected chi connectivity index (χ1v) is 1.37. The summed E-state index contributed by atoms with van der Waals surface area (Å²) in [6, 6.07) is 0. The maximum atomic E-state index is 9.00. The SMILES string of the molecule is CC(=O)O.CO.[Hg]. The van der Waals surface area contributed by atoms with E-state index in [-0.39, 0.29) is 27.7 Å². The summed E-state index contributed by atoms with van der Waals surface area (Å²) in [5.74, 6) is -0.833. The van der Waals surface area contributed by atoms with Gasteiger partial charge < -0.3 is 10.2 Å². The molecule has 0 bridgehead atoms. The molecular weight excluding hydrogens is 285 g/mol. The second kappa shape index (κ2) is 16.2. The zero-order chi connectivity index (χ0) is 5.58. The van der Waals surface area contributed by atoms with Gasteiger partial charge in [-0.3, -0.25) is 4.79 Å². The molecule has 0 radical (unpaired) electrons. The maximum Gasteiger partial charge on any atom is 0.300 e. The summed E-state index contributed by atoms with van der Waals surface area (Å²) in [5.41, 5.74) is 0. The third-order valence-electron chi connectivity index (χ3n) is 0. The van der Waals surface area contributed by atoms with Crippen LogP contribution in [0.2, 0.25) is 0 Å². The van der Waals surface area contributed by atoms with Gasteiger partial charge in [0.25, 0.3) is 5.97 Å². The van der Waals surface area contributed by atoms with Crippen molar-refractivity contribution >= 4 is 5.97 Å². The second-order valence-corrected chi connectivity index (χ2v) is 0.519. The first kappa shape index (κ1) is 15.7. The van der Waals surface area contributed by atoms with Crippen molar-refractivity contribution in [3.63, 3.8) is 0 Å². The van der Waals surface area contributed by atoms with E-state index in [0.717, 1.165) is 14.0 Å². The third-order valence-corrected chi connectivity index (χ3v) is 0. The van der Waals surface area contributed by atoms with Crippen LogP contribution in [0.1, 0.15) is 6.92 Å². The molecule has 40 valence electrons. The predicted octanol–water partition coefficient (Wildman–Crippen LogP) is -0.303. The molecule has 0 aromatic carbocycles. The van der Waals surface area contributed by atoms with E-state index in [1.54, 1.807) is 0 Å². The van der Waals surface area contributed by atoms with Gasteiger partial charge in [-0.25, -0.2) is 0 Å². The minimum Gasteiger partial charge on any atom is -0.481 e. The predicted molar refractivity (Wildman–Crippen MR) is 21.5 cm³/mol. The van der Waals surface area contributed by atoms with Crippen LogP contribution >= 0.6 is 0 Å². The Kier molecular flexibility index (Phi) is 36.2. The van der Waals surface area contributed by atoms with Crippen LogP contribution in [-0.4, -0.2) is 23.3 Å². The number of rotatable bonds is 0. The zero-order valence-electron chi connectivity index (χ0n) is 4.51. The van der Waals surface area contributed by atoms with Crippen molar-refractivity contribution in [1.82, 2.24) is 0 Å². The number of hydrogen-bond donors (Lipinski definition) is 2. The van der Waals surface area contributed by atoms with Gasteiger partial charge in [0.2, 0.25) is 0 Å². The van der Waals surface area contributed by atoms with Gasteiger partial charge in [-0.2, -0.15) is 0 Å². The average molecular weight is 293 g/mol. The third kappa shape index (κ3) is 910. The Bertz CT molecular complexity index is 33.2. The molecule has 7 heavy (non-hydrogen) atoms. The van der Waals surface area contributed by atoms with Crippen LogP contribution in [0.3, 0.4) is 0 Å². The Morgan fingerprint density at radius 1 is 1.43 bits per heavy atom. The standard InChI is InChI=1S/C2H4O2.CH4O.Hg/c1-2(3)4;1-2;/h1H3,(H,3,4);2H,1H3;. The monoisotopic (exact) mass is 294 g/mol. The van der Waals surface area contributed by atoms with E-state index >= 15 is 0 Å². The van der Waals surface area contributed by atoms with Gasteiger partial charge in [-0.05, 0) is 0 Å². The minimum atomic E-state index is -0.833. The first-order chi connectivity index (χ1) is 2.73. The molecule has 0 atom stereocenters. The Hall–Kier alpha value is 0.365. The summed E-state index contributed by atoms with van der Waals surface area (Å²) in [7, 11) is 1.00. The fourth-order valence-corrected chi connectivity index (χ4v) is 0. The largest absolute Gasteiger partial charge is 0.481 e. The Labute approximate surface area is 62.9 Å². The van der Waals surface area contributed by atoms with E-state index in [1.807, 2.05) is 0 Å². The van der Waals surface area contributed by atoms with Crippen molar-refractivity contribution in [2.24, 2.45) is 0 Å². The summed E-state index contributed by atoms with van der Waals surface area (Å²) in [6.45, 7) is 1.08. The normalized spacial score (nSPS) is 4.43. The molecule has 0 aliphatic rings. The minimum absolute atomic E-state index is 0. The molecule has 0 aromatic heterocycles. The Morgan fingerprint density at radius 2 is 1.43 bits per heavy atom. The molecule has 3 nitrogen and oxygen atoms in total. The number of hydrogen-bond acceptors (Lipinski definition) is 2. The summed E-state index contributed by atoms with van der Waals surface area (Å²) in [5, 5.41) is 14.4. The van der Waals surface area contributed by atoms with E-state index in [4.69, 9.17) is 15.0 Å². The van der Waals surface area contributed by atoms with E-state index in [0.29, 0.717) is 0 Å². The van der Waals surface area contributed by atoms with Crippen LogP contribution in [0, 0.1) is 0 Å². The van der Waals surface area contributed by atoms with Crippen molar-refractivity contribution < 1.29 is 42.7 Å². The number of aliphatic hydroxyl groups excluding tert-OH is 1. The Balaban J connectivity index is -0.0000000480. The van der Waals surface area contributed by atoms with Crippen molar-refractivity contribution in [2.45, 2.75) is 6.92 Å². The quantitative estimate of drug-likeness (QED) is 0.603. The summed E-state index contributed by atoms with van der Waals surface area (Å²) < 4.78 is 0. The van der Waals surface area contributed by atoms with E-state index < -0.39 is 5.97 Å². The summed E-state index contributed by atoms with van der Waals surface area (Å²) in [6.07, 6.45) is 0. The molecule has 0 rings (SSSR count). The molecule has 0 spiro atoms. The van der Waals surface area contributed by atoms with Crippen molar-refractivity contribution in [3.8, 4) is 0 Å². The van der Waals surface area contributed by atoms with Crippen LogP contribution in [0.25, 0.3) is 0 Å². The average Bonchev–Trinajstić information content (AvgIpc) is 1.41. The van der Waals surface area contributed by atoms with Gasteiger partial charge >= 0.3 is 0 Å². The molecule has 4 heteroatoms. The number of aliphatic hydroxyl groups is 1. The smallest absolute Gasteiger partial charge is 0.300 e. The molecule has 0 aliphatic heterocycles.